The first-order valence-electron chi connectivity index (χ1n) is 7.91. The molecule has 2 rings (SSSR count). The minimum atomic E-state index is 0.205. The van der Waals surface area contributed by atoms with Gasteiger partial charge in [-0.2, -0.15) is 0 Å². The lowest BCUT2D eigenvalue weighted by Crippen LogP contribution is -2.56. The Morgan fingerprint density at radius 2 is 1.79 bits per heavy atom. The third kappa shape index (κ3) is 3.21. The van der Waals surface area contributed by atoms with Crippen molar-refractivity contribution in [2.45, 2.75) is 50.6 Å². The van der Waals surface area contributed by atoms with Gasteiger partial charge in [0.05, 0.1) is 0 Å². The van der Waals surface area contributed by atoms with Crippen LogP contribution in [0.4, 0.5) is 0 Å². The predicted molar refractivity (Wildman–Crippen MR) is 82.5 cm³/mol. The van der Waals surface area contributed by atoms with Crippen molar-refractivity contribution in [3.05, 3.63) is 12.2 Å². The largest absolute Gasteiger partial charge is 0.311 e. The molecule has 0 aromatic heterocycles. The molecule has 2 saturated heterocycles. The molecule has 0 atom stereocenters. The zero-order valence-corrected chi connectivity index (χ0v) is 13.0. The molecule has 0 amide bonds. The van der Waals surface area contributed by atoms with E-state index in [1.54, 1.807) is 0 Å². The molecule has 0 bridgehead atoms. The molecule has 2 fully saturated rings. The Labute approximate surface area is 119 Å². The molecule has 19 heavy (non-hydrogen) atoms. The molecule has 2 aliphatic heterocycles. The van der Waals surface area contributed by atoms with E-state index >= 15 is 0 Å². The summed E-state index contributed by atoms with van der Waals surface area (Å²) in [5.41, 5.74) is 1.59. The molecule has 0 radical (unpaired) electrons. The molecule has 0 saturated carbocycles. The SMILES string of the molecule is C=C(CC)C1(NC)CCN(C2CCN(C)CC2)CC1. The maximum Gasteiger partial charge on any atom is 0.0413 e. The Kier molecular flexibility index (Phi) is 5.04. The highest BCUT2D eigenvalue weighted by Gasteiger charge is 2.36. The van der Waals surface area contributed by atoms with Crippen LogP contribution in [0.2, 0.25) is 0 Å². The van der Waals surface area contributed by atoms with E-state index in [9.17, 15) is 0 Å². The number of nitrogens with zero attached hydrogens (tertiary/aromatic N) is 2. The van der Waals surface area contributed by atoms with Crippen molar-refractivity contribution < 1.29 is 0 Å². The summed E-state index contributed by atoms with van der Waals surface area (Å²) in [4.78, 5) is 5.18. The Bertz CT molecular complexity index is 297. The quantitative estimate of drug-likeness (QED) is 0.785. The van der Waals surface area contributed by atoms with E-state index < -0.39 is 0 Å². The van der Waals surface area contributed by atoms with Gasteiger partial charge in [-0.15, -0.1) is 0 Å². The van der Waals surface area contributed by atoms with Crippen LogP contribution in [0.15, 0.2) is 12.2 Å². The number of rotatable bonds is 4. The summed E-state index contributed by atoms with van der Waals surface area (Å²) in [6, 6.07) is 0.820. The van der Waals surface area contributed by atoms with Crippen LogP contribution in [0.1, 0.15) is 39.0 Å². The summed E-state index contributed by atoms with van der Waals surface area (Å²) >= 11 is 0. The molecule has 0 unspecified atom stereocenters. The van der Waals surface area contributed by atoms with Crippen LogP contribution in [-0.2, 0) is 0 Å². The lowest BCUT2D eigenvalue weighted by Gasteiger charge is -2.47. The predicted octanol–water partition coefficient (Wildman–Crippen LogP) is 2.10. The van der Waals surface area contributed by atoms with Crippen LogP contribution in [0, 0.1) is 0 Å². The minimum absolute atomic E-state index is 0.205. The van der Waals surface area contributed by atoms with Gasteiger partial charge < -0.3 is 15.1 Å². The van der Waals surface area contributed by atoms with E-state index in [2.05, 4.69) is 42.7 Å². The first-order chi connectivity index (χ1) is 9.11. The van der Waals surface area contributed by atoms with Crippen LogP contribution in [0.5, 0.6) is 0 Å². The van der Waals surface area contributed by atoms with Crippen molar-refractivity contribution in [2.75, 3.05) is 40.3 Å². The van der Waals surface area contributed by atoms with Gasteiger partial charge >= 0.3 is 0 Å². The van der Waals surface area contributed by atoms with E-state index in [-0.39, 0.29) is 5.54 Å². The highest BCUT2D eigenvalue weighted by molar-refractivity contribution is 5.18. The summed E-state index contributed by atoms with van der Waals surface area (Å²) in [5.74, 6) is 0. The fourth-order valence-electron chi connectivity index (χ4n) is 3.75. The van der Waals surface area contributed by atoms with Crippen LogP contribution >= 0.6 is 0 Å². The van der Waals surface area contributed by atoms with E-state index in [0.717, 1.165) is 12.5 Å². The molecular formula is C16H31N3. The molecule has 0 aromatic rings. The third-order valence-corrected chi connectivity index (χ3v) is 5.44. The van der Waals surface area contributed by atoms with E-state index in [0.29, 0.717) is 0 Å². The molecule has 1 N–H and O–H groups in total. The standard InChI is InChI=1S/C16H31N3/c1-5-14(2)16(17-3)8-12-19(13-9-16)15-6-10-18(4)11-7-15/h15,17H,2,5-13H2,1,3-4H3. The van der Waals surface area contributed by atoms with Gasteiger partial charge in [0.1, 0.15) is 0 Å². The van der Waals surface area contributed by atoms with Crippen molar-refractivity contribution in [2.24, 2.45) is 0 Å². The van der Waals surface area contributed by atoms with Gasteiger partial charge in [-0.3, -0.25) is 0 Å². The van der Waals surface area contributed by atoms with Gasteiger partial charge in [0.2, 0.25) is 0 Å². The lowest BCUT2D eigenvalue weighted by atomic mass is 9.79. The number of likely N-dealkylation sites (tertiary alicyclic amines) is 2. The summed E-state index contributed by atoms with van der Waals surface area (Å²) < 4.78 is 0. The maximum atomic E-state index is 4.30. The van der Waals surface area contributed by atoms with Crippen molar-refractivity contribution in [1.82, 2.24) is 15.1 Å². The normalized spacial score (nSPS) is 26.5. The van der Waals surface area contributed by atoms with E-state index in [4.69, 9.17) is 0 Å². The fraction of sp³-hybridized carbons (Fsp3) is 0.875. The third-order valence-electron chi connectivity index (χ3n) is 5.44. The van der Waals surface area contributed by atoms with Crippen molar-refractivity contribution in [1.29, 1.82) is 0 Å². The molecular weight excluding hydrogens is 234 g/mol. The van der Waals surface area contributed by atoms with Gasteiger partial charge in [0.15, 0.2) is 0 Å². The highest BCUT2D eigenvalue weighted by Crippen LogP contribution is 2.32. The minimum Gasteiger partial charge on any atom is -0.311 e. The highest BCUT2D eigenvalue weighted by atomic mass is 15.2. The molecule has 3 nitrogen and oxygen atoms in total. The first kappa shape index (κ1) is 15.0. The average Bonchev–Trinajstić information content (AvgIpc) is 2.47. The summed E-state index contributed by atoms with van der Waals surface area (Å²) in [6.07, 6.45) is 6.23. The lowest BCUT2D eigenvalue weighted by molar-refractivity contribution is 0.0766. The molecule has 110 valence electrons. The molecule has 2 heterocycles. The van der Waals surface area contributed by atoms with Gasteiger partial charge in [0, 0.05) is 24.7 Å². The first-order valence-corrected chi connectivity index (χ1v) is 7.91. The molecule has 0 aromatic carbocycles. The zero-order chi connectivity index (χ0) is 13.9. The second-order valence-electron chi connectivity index (χ2n) is 6.36. The Hall–Kier alpha value is -0.380. The van der Waals surface area contributed by atoms with Crippen molar-refractivity contribution >= 4 is 0 Å². The number of likely N-dealkylation sites (N-methyl/N-ethyl adjacent to an activating group) is 1. The van der Waals surface area contributed by atoms with Crippen LogP contribution in [-0.4, -0.2) is 61.7 Å². The van der Waals surface area contributed by atoms with Crippen molar-refractivity contribution in [3.8, 4) is 0 Å². The van der Waals surface area contributed by atoms with Gasteiger partial charge in [-0.05, 0) is 59.3 Å². The topological polar surface area (TPSA) is 18.5 Å². The van der Waals surface area contributed by atoms with Crippen molar-refractivity contribution in [3.63, 3.8) is 0 Å². The molecule has 2 aliphatic rings. The maximum absolute atomic E-state index is 4.30. The fourth-order valence-corrected chi connectivity index (χ4v) is 3.75. The van der Waals surface area contributed by atoms with Gasteiger partial charge in [0.25, 0.3) is 0 Å². The van der Waals surface area contributed by atoms with Gasteiger partial charge in [-0.25, -0.2) is 0 Å². The number of nitrogens with one attached hydrogen (secondary N) is 1. The molecule has 0 spiro atoms. The number of piperidine rings is 2. The Morgan fingerprint density at radius 1 is 1.21 bits per heavy atom. The van der Waals surface area contributed by atoms with E-state index in [1.807, 2.05) is 0 Å². The Morgan fingerprint density at radius 3 is 2.26 bits per heavy atom. The van der Waals surface area contributed by atoms with Gasteiger partial charge in [-0.1, -0.05) is 19.1 Å². The monoisotopic (exact) mass is 265 g/mol. The second kappa shape index (κ2) is 6.38. The average molecular weight is 265 g/mol. The van der Waals surface area contributed by atoms with Crippen LogP contribution < -0.4 is 5.32 Å². The second-order valence-corrected chi connectivity index (χ2v) is 6.36. The Balaban J connectivity index is 1.89. The molecule has 0 aliphatic carbocycles. The summed E-state index contributed by atoms with van der Waals surface area (Å²) in [6.45, 7) is 11.5. The van der Waals surface area contributed by atoms with Crippen LogP contribution in [0.3, 0.4) is 0 Å². The zero-order valence-electron chi connectivity index (χ0n) is 13.0. The number of hydrogen-bond donors (Lipinski definition) is 1. The number of hydrogen-bond acceptors (Lipinski definition) is 3. The smallest absolute Gasteiger partial charge is 0.0413 e. The molecule has 3 heteroatoms. The summed E-state index contributed by atoms with van der Waals surface area (Å²) in [5, 5.41) is 3.56. The van der Waals surface area contributed by atoms with Crippen LogP contribution in [0.25, 0.3) is 0 Å². The van der Waals surface area contributed by atoms with E-state index in [1.165, 1.54) is 57.4 Å². The summed E-state index contributed by atoms with van der Waals surface area (Å²) in [7, 11) is 4.34.